The third-order valence-electron chi connectivity index (χ3n) is 6.24. The van der Waals surface area contributed by atoms with Gasteiger partial charge >= 0.3 is 6.03 Å². The number of halogens is 1. The number of urea groups is 1. The molecule has 0 atom stereocenters. The highest BCUT2D eigenvalue weighted by Gasteiger charge is 2.34. The number of aryl methyl sites for hydroxylation is 1. The minimum Gasteiger partial charge on any atom is -0.340 e. The van der Waals surface area contributed by atoms with Crippen molar-refractivity contribution in [2.45, 2.75) is 26.9 Å². The lowest BCUT2D eigenvalue weighted by molar-refractivity contribution is -0.123. The van der Waals surface area contributed by atoms with Gasteiger partial charge < -0.3 is 9.88 Å². The van der Waals surface area contributed by atoms with Crippen molar-refractivity contribution in [3.05, 3.63) is 112 Å². The number of amides is 3. The Kier molecular flexibility index (Phi) is 5.49. The summed E-state index contributed by atoms with van der Waals surface area (Å²) in [6.07, 6.45) is 1.73. The zero-order valence-electron chi connectivity index (χ0n) is 19.0. The van der Waals surface area contributed by atoms with Gasteiger partial charge in [0.05, 0.1) is 13.1 Å². The average molecular weight is 454 g/mol. The van der Waals surface area contributed by atoms with E-state index in [1.54, 1.807) is 18.2 Å². The van der Waals surface area contributed by atoms with Gasteiger partial charge in [-0.2, -0.15) is 0 Å². The number of imide groups is 1. The first kappa shape index (κ1) is 21.6. The molecular weight excluding hydrogens is 429 g/mol. The molecule has 0 aliphatic carbocycles. The fourth-order valence-corrected chi connectivity index (χ4v) is 4.49. The largest absolute Gasteiger partial charge is 0.340 e. The van der Waals surface area contributed by atoms with Crippen LogP contribution in [-0.2, 0) is 17.9 Å². The van der Waals surface area contributed by atoms with Gasteiger partial charge in [-0.05, 0) is 37.6 Å². The van der Waals surface area contributed by atoms with Gasteiger partial charge in [0, 0.05) is 27.7 Å². The van der Waals surface area contributed by atoms with Gasteiger partial charge in [-0.1, -0.05) is 66.2 Å². The SMILES string of the molecule is Cc1cccc(CN2C(=O)N/C(=C/c3c(C)n(Cc4ccccc4F)c4ccccc34)C2=O)c1. The van der Waals surface area contributed by atoms with Crippen LogP contribution in [0.25, 0.3) is 17.0 Å². The molecule has 5 nitrogen and oxygen atoms in total. The smallest absolute Gasteiger partial charge is 0.329 e. The highest BCUT2D eigenvalue weighted by atomic mass is 19.1. The summed E-state index contributed by atoms with van der Waals surface area (Å²) in [6.45, 7) is 4.49. The molecule has 34 heavy (non-hydrogen) atoms. The van der Waals surface area contributed by atoms with Gasteiger partial charge in [-0.25, -0.2) is 9.18 Å². The molecule has 1 aliphatic heterocycles. The molecule has 0 bridgehead atoms. The predicted molar refractivity (Wildman–Crippen MR) is 130 cm³/mol. The lowest BCUT2D eigenvalue weighted by Gasteiger charge is -2.12. The maximum atomic E-state index is 14.4. The van der Waals surface area contributed by atoms with E-state index in [1.165, 1.54) is 11.0 Å². The molecule has 2 heterocycles. The summed E-state index contributed by atoms with van der Waals surface area (Å²) in [6, 6.07) is 21.8. The lowest BCUT2D eigenvalue weighted by Crippen LogP contribution is -2.30. The minimum atomic E-state index is -0.439. The number of benzene rings is 3. The molecule has 1 aromatic heterocycles. The van der Waals surface area contributed by atoms with Crippen LogP contribution in [0.3, 0.4) is 0 Å². The van der Waals surface area contributed by atoms with E-state index in [2.05, 4.69) is 5.32 Å². The number of carbonyl (C=O) groups excluding carboxylic acids is 2. The van der Waals surface area contributed by atoms with E-state index >= 15 is 0 Å². The Bertz CT molecular complexity index is 1470. The number of nitrogens with one attached hydrogen (secondary N) is 1. The Morgan fingerprint density at radius 1 is 0.912 bits per heavy atom. The summed E-state index contributed by atoms with van der Waals surface area (Å²) < 4.78 is 16.4. The number of rotatable bonds is 5. The fraction of sp³-hybridized carbons (Fsp3) is 0.143. The predicted octanol–water partition coefficient (Wildman–Crippen LogP) is 5.54. The molecule has 3 aromatic carbocycles. The quantitative estimate of drug-likeness (QED) is 0.319. The molecule has 4 aromatic rings. The summed E-state index contributed by atoms with van der Waals surface area (Å²) in [7, 11) is 0. The third-order valence-corrected chi connectivity index (χ3v) is 6.24. The molecule has 1 fully saturated rings. The Hall–Kier alpha value is -4.19. The van der Waals surface area contributed by atoms with Crippen LogP contribution in [0.1, 0.15) is 27.9 Å². The van der Waals surface area contributed by atoms with Crippen LogP contribution in [0.2, 0.25) is 0 Å². The fourth-order valence-electron chi connectivity index (χ4n) is 4.49. The van der Waals surface area contributed by atoms with Crippen molar-refractivity contribution in [3.8, 4) is 0 Å². The van der Waals surface area contributed by atoms with Crippen molar-refractivity contribution < 1.29 is 14.0 Å². The number of fused-ring (bicyclic) bond motifs is 1. The number of aromatic nitrogens is 1. The van der Waals surface area contributed by atoms with Crippen molar-refractivity contribution in [2.75, 3.05) is 0 Å². The molecule has 1 saturated heterocycles. The molecule has 1 N–H and O–H groups in total. The second kappa shape index (κ2) is 8.63. The molecular formula is C28H24FN3O2. The standard InChI is InChI=1S/C28H24FN3O2/c1-18-8-7-9-20(14-18)16-32-27(33)25(30-28(32)34)15-23-19(2)31(26-13-6-4-11-22(23)26)17-21-10-3-5-12-24(21)29/h3-15H,16-17H2,1-2H3,(H,30,34)/b25-15+. The lowest BCUT2D eigenvalue weighted by atomic mass is 10.1. The van der Waals surface area contributed by atoms with Crippen molar-refractivity contribution >= 4 is 28.9 Å². The average Bonchev–Trinajstić information content (AvgIpc) is 3.24. The molecule has 0 unspecified atom stereocenters. The zero-order chi connectivity index (χ0) is 23.8. The molecule has 6 heteroatoms. The van der Waals surface area contributed by atoms with E-state index in [0.717, 1.165) is 33.3 Å². The highest BCUT2D eigenvalue weighted by molar-refractivity contribution is 6.14. The van der Waals surface area contributed by atoms with Gasteiger partial charge in [0.2, 0.25) is 0 Å². The summed E-state index contributed by atoms with van der Waals surface area (Å²) in [4.78, 5) is 26.9. The molecule has 3 amide bonds. The number of hydrogen-bond donors (Lipinski definition) is 1. The van der Waals surface area contributed by atoms with Crippen LogP contribution in [0.4, 0.5) is 9.18 Å². The van der Waals surface area contributed by atoms with Crippen LogP contribution in [0.5, 0.6) is 0 Å². The van der Waals surface area contributed by atoms with Gasteiger partial charge in [-0.15, -0.1) is 0 Å². The Labute approximate surface area is 197 Å². The van der Waals surface area contributed by atoms with E-state index in [1.807, 2.05) is 73.0 Å². The molecule has 0 radical (unpaired) electrons. The van der Waals surface area contributed by atoms with Gasteiger partial charge in [0.1, 0.15) is 11.5 Å². The van der Waals surface area contributed by atoms with Crippen molar-refractivity contribution in [3.63, 3.8) is 0 Å². The maximum Gasteiger partial charge on any atom is 0.329 e. The van der Waals surface area contributed by atoms with Crippen molar-refractivity contribution in [2.24, 2.45) is 0 Å². The molecule has 170 valence electrons. The number of nitrogens with zero attached hydrogens (tertiary/aromatic N) is 2. The van der Waals surface area contributed by atoms with Gasteiger partial charge in [-0.3, -0.25) is 9.69 Å². The topological polar surface area (TPSA) is 54.3 Å². The van der Waals surface area contributed by atoms with E-state index < -0.39 is 6.03 Å². The molecule has 0 spiro atoms. The number of para-hydroxylation sites is 1. The minimum absolute atomic E-state index is 0.206. The Morgan fingerprint density at radius 2 is 1.68 bits per heavy atom. The van der Waals surface area contributed by atoms with Crippen molar-refractivity contribution in [1.82, 2.24) is 14.8 Å². The first-order chi connectivity index (χ1) is 16.4. The number of hydrogen-bond acceptors (Lipinski definition) is 2. The second-order valence-electron chi connectivity index (χ2n) is 8.56. The van der Waals surface area contributed by atoms with Gasteiger partial charge in [0.25, 0.3) is 5.91 Å². The van der Waals surface area contributed by atoms with Crippen LogP contribution in [-0.4, -0.2) is 21.4 Å². The summed E-state index contributed by atoms with van der Waals surface area (Å²) >= 11 is 0. The first-order valence-electron chi connectivity index (χ1n) is 11.1. The zero-order valence-corrected chi connectivity index (χ0v) is 19.0. The van der Waals surface area contributed by atoms with Crippen LogP contribution in [0.15, 0.2) is 78.5 Å². The summed E-state index contributed by atoms with van der Waals surface area (Å²) in [5.41, 5.74) is 5.42. The Morgan fingerprint density at radius 3 is 2.47 bits per heavy atom. The van der Waals surface area contributed by atoms with Gasteiger partial charge in [0.15, 0.2) is 0 Å². The summed E-state index contributed by atoms with van der Waals surface area (Å²) in [5.74, 6) is -0.624. The van der Waals surface area contributed by atoms with Crippen LogP contribution < -0.4 is 5.32 Å². The number of carbonyl (C=O) groups is 2. The van der Waals surface area contributed by atoms with E-state index in [-0.39, 0.29) is 24.0 Å². The van der Waals surface area contributed by atoms with E-state index in [9.17, 15) is 14.0 Å². The van der Waals surface area contributed by atoms with Crippen LogP contribution >= 0.6 is 0 Å². The maximum absolute atomic E-state index is 14.4. The Balaban J connectivity index is 1.52. The third kappa shape index (κ3) is 3.88. The second-order valence-corrected chi connectivity index (χ2v) is 8.56. The first-order valence-corrected chi connectivity index (χ1v) is 11.1. The van der Waals surface area contributed by atoms with E-state index in [0.29, 0.717) is 12.1 Å². The molecule has 1 aliphatic rings. The normalized spacial score (nSPS) is 14.9. The monoisotopic (exact) mass is 453 g/mol. The van der Waals surface area contributed by atoms with E-state index in [4.69, 9.17) is 0 Å². The summed E-state index contributed by atoms with van der Waals surface area (Å²) in [5, 5.41) is 3.66. The molecule has 5 rings (SSSR count). The highest BCUT2D eigenvalue weighted by Crippen LogP contribution is 2.30. The van der Waals surface area contributed by atoms with Crippen LogP contribution in [0, 0.1) is 19.7 Å². The van der Waals surface area contributed by atoms with Crippen molar-refractivity contribution in [1.29, 1.82) is 0 Å². The molecule has 0 saturated carbocycles.